The third-order valence-electron chi connectivity index (χ3n) is 3.83. The number of amides is 1. The Labute approximate surface area is 152 Å². The molecule has 0 aromatic heterocycles. The van der Waals surface area contributed by atoms with E-state index in [2.05, 4.69) is 0 Å². The quantitative estimate of drug-likeness (QED) is 0.594. The largest absolute Gasteiger partial charge is 0.289 e. The van der Waals surface area contributed by atoms with Gasteiger partial charge in [-0.2, -0.15) is 4.31 Å². The molecule has 2 aromatic rings. The summed E-state index contributed by atoms with van der Waals surface area (Å²) in [5.41, 5.74) is 2.97. The van der Waals surface area contributed by atoms with Crippen LogP contribution in [0.4, 0.5) is 0 Å². The van der Waals surface area contributed by atoms with Gasteiger partial charge in [0.05, 0.1) is 4.90 Å². The molecule has 2 aromatic carbocycles. The number of aryl methyl sites for hydroxylation is 1. The predicted molar refractivity (Wildman–Crippen MR) is 94.8 cm³/mol. The Morgan fingerprint density at radius 1 is 1.20 bits per heavy atom. The maximum Gasteiger partial charge on any atom is 0.261 e. The molecule has 134 valence electrons. The maximum absolute atomic E-state index is 13.0. The van der Waals surface area contributed by atoms with Gasteiger partial charge in [-0.3, -0.25) is 10.0 Å². The Balaban J connectivity index is 2.48. The van der Waals surface area contributed by atoms with Crippen LogP contribution in [0.25, 0.3) is 0 Å². The van der Waals surface area contributed by atoms with Gasteiger partial charge in [-0.15, -0.1) is 0 Å². The number of nitrogens with zero attached hydrogens (tertiary/aromatic N) is 1. The molecule has 1 unspecified atom stereocenters. The standard InChI is InChI=1S/C17H19ClN2O4S/c1-12-7-9-15(10-8-12)25(23,24)20(13(2)17(21)19-22)11-14-5-3-4-6-16(14)18/h3-10,13,22H,11H2,1-2H3,(H,19,21). The van der Waals surface area contributed by atoms with Gasteiger partial charge >= 0.3 is 0 Å². The molecule has 2 N–H and O–H groups in total. The molecule has 0 saturated heterocycles. The summed E-state index contributed by atoms with van der Waals surface area (Å²) in [5, 5.41) is 9.29. The molecule has 0 aliphatic carbocycles. The van der Waals surface area contributed by atoms with Crippen molar-refractivity contribution in [2.24, 2.45) is 0 Å². The van der Waals surface area contributed by atoms with Crippen LogP contribution in [-0.2, 0) is 21.4 Å². The Hall–Kier alpha value is -1.93. The van der Waals surface area contributed by atoms with Gasteiger partial charge in [0.2, 0.25) is 10.0 Å². The highest BCUT2D eigenvalue weighted by Gasteiger charge is 2.33. The van der Waals surface area contributed by atoms with Gasteiger partial charge in [-0.25, -0.2) is 13.9 Å². The SMILES string of the molecule is Cc1ccc(S(=O)(=O)N(Cc2ccccc2Cl)C(C)C(=O)NO)cc1. The number of benzene rings is 2. The van der Waals surface area contributed by atoms with Crippen LogP contribution in [0.3, 0.4) is 0 Å². The molecular formula is C17H19ClN2O4S. The van der Waals surface area contributed by atoms with E-state index in [0.717, 1.165) is 9.87 Å². The lowest BCUT2D eigenvalue weighted by Gasteiger charge is -2.27. The molecule has 8 heteroatoms. The van der Waals surface area contributed by atoms with E-state index in [1.54, 1.807) is 36.4 Å². The normalized spacial score (nSPS) is 12.8. The minimum Gasteiger partial charge on any atom is -0.289 e. The molecule has 0 fully saturated rings. The molecule has 0 radical (unpaired) electrons. The third kappa shape index (κ3) is 4.38. The molecule has 25 heavy (non-hydrogen) atoms. The zero-order chi connectivity index (χ0) is 18.6. The number of hydrogen-bond donors (Lipinski definition) is 2. The first kappa shape index (κ1) is 19.4. The number of halogens is 1. The number of carbonyl (C=O) groups excluding carboxylic acids is 1. The highest BCUT2D eigenvalue weighted by atomic mass is 35.5. The molecule has 0 spiro atoms. The van der Waals surface area contributed by atoms with Crippen LogP contribution in [0.5, 0.6) is 0 Å². The van der Waals surface area contributed by atoms with E-state index in [0.29, 0.717) is 10.6 Å². The van der Waals surface area contributed by atoms with Gasteiger partial charge in [0.15, 0.2) is 0 Å². The Kier molecular flexibility index (Phi) is 6.18. The zero-order valence-corrected chi connectivity index (χ0v) is 15.4. The minimum atomic E-state index is -3.98. The van der Waals surface area contributed by atoms with Crippen molar-refractivity contribution in [3.05, 3.63) is 64.7 Å². The van der Waals surface area contributed by atoms with Crippen molar-refractivity contribution < 1.29 is 18.4 Å². The van der Waals surface area contributed by atoms with E-state index < -0.39 is 22.0 Å². The first-order valence-electron chi connectivity index (χ1n) is 7.53. The summed E-state index contributed by atoms with van der Waals surface area (Å²) < 4.78 is 27.1. The molecule has 1 amide bonds. The van der Waals surface area contributed by atoms with Crippen LogP contribution >= 0.6 is 11.6 Å². The number of hydroxylamine groups is 1. The molecule has 0 bridgehead atoms. The second-order valence-corrected chi connectivity index (χ2v) is 7.90. The van der Waals surface area contributed by atoms with Crippen LogP contribution in [-0.4, -0.2) is 29.9 Å². The summed E-state index contributed by atoms with van der Waals surface area (Å²) in [7, 11) is -3.98. The van der Waals surface area contributed by atoms with Gasteiger partial charge in [-0.05, 0) is 37.6 Å². The average Bonchev–Trinajstić information content (AvgIpc) is 2.60. The maximum atomic E-state index is 13.0. The highest BCUT2D eigenvalue weighted by Crippen LogP contribution is 2.24. The van der Waals surface area contributed by atoms with E-state index >= 15 is 0 Å². The summed E-state index contributed by atoms with van der Waals surface area (Å²) in [4.78, 5) is 11.9. The van der Waals surface area contributed by atoms with Gasteiger partial charge in [0.25, 0.3) is 5.91 Å². The highest BCUT2D eigenvalue weighted by molar-refractivity contribution is 7.89. The lowest BCUT2D eigenvalue weighted by molar-refractivity contribution is -0.132. The van der Waals surface area contributed by atoms with Crippen LogP contribution in [0.1, 0.15) is 18.1 Å². The summed E-state index contributed by atoms with van der Waals surface area (Å²) >= 11 is 6.13. The monoisotopic (exact) mass is 382 g/mol. The lowest BCUT2D eigenvalue weighted by Crippen LogP contribution is -2.46. The lowest BCUT2D eigenvalue weighted by atomic mass is 10.2. The van der Waals surface area contributed by atoms with Crippen molar-refractivity contribution in [3.8, 4) is 0 Å². The molecule has 0 heterocycles. The average molecular weight is 383 g/mol. The van der Waals surface area contributed by atoms with Crippen LogP contribution < -0.4 is 5.48 Å². The van der Waals surface area contributed by atoms with Crippen molar-refractivity contribution in [3.63, 3.8) is 0 Å². The van der Waals surface area contributed by atoms with E-state index in [1.165, 1.54) is 24.5 Å². The Bertz CT molecular complexity index is 853. The minimum absolute atomic E-state index is 0.0581. The molecule has 2 rings (SSSR count). The van der Waals surface area contributed by atoms with Crippen LogP contribution in [0.2, 0.25) is 5.02 Å². The zero-order valence-electron chi connectivity index (χ0n) is 13.8. The third-order valence-corrected chi connectivity index (χ3v) is 6.13. The van der Waals surface area contributed by atoms with Gasteiger partial charge < -0.3 is 0 Å². The molecule has 0 aliphatic heterocycles. The number of hydrogen-bond acceptors (Lipinski definition) is 4. The molecule has 0 aliphatic rings. The fraction of sp³-hybridized carbons (Fsp3) is 0.235. The first-order chi connectivity index (χ1) is 11.8. The predicted octanol–water partition coefficient (Wildman–Crippen LogP) is 2.73. The van der Waals surface area contributed by atoms with E-state index in [4.69, 9.17) is 16.8 Å². The van der Waals surface area contributed by atoms with E-state index in [1.807, 2.05) is 6.92 Å². The number of nitrogens with one attached hydrogen (secondary N) is 1. The molecule has 0 saturated carbocycles. The van der Waals surface area contributed by atoms with Crippen LogP contribution in [0, 0.1) is 6.92 Å². The molecule has 1 atom stereocenters. The van der Waals surface area contributed by atoms with Crippen molar-refractivity contribution in [2.75, 3.05) is 0 Å². The topological polar surface area (TPSA) is 86.7 Å². The van der Waals surface area contributed by atoms with E-state index in [9.17, 15) is 13.2 Å². The van der Waals surface area contributed by atoms with Gasteiger partial charge in [0.1, 0.15) is 6.04 Å². The van der Waals surface area contributed by atoms with Gasteiger partial charge in [-0.1, -0.05) is 47.5 Å². The fourth-order valence-corrected chi connectivity index (χ4v) is 4.06. The van der Waals surface area contributed by atoms with Crippen molar-refractivity contribution in [1.29, 1.82) is 0 Å². The second kappa shape index (κ2) is 7.97. The summed E-state index contributed by atoms with van der Waals surface area (Å²) in [5.74, 6) is -0.831. The summed E-state index contributed by atoms with van der Waals surface area (Å²) in [6.45, 7) is 3.14. The number of carbonyl (C=O) groups is 1. The molecular weight excluding hydrogens is 364 g/mol. The summed E-state index contributed by atoms with van der Waals surface area (Å²) in [6.07, 6.45) is 0. The van der Waals surface area contributed by atoms with Crippen molar-refractivity contribution in [2.45, 2.75) is 31.3 Å². The van der Waals surface area contributed by atoms with Crippen molar-refractivity contribution >= 4 is 27.5 Å². The number of rotatable bonds is 6. The Morgan fingerprint density at radius 2 is 1.80 bits per heavy atom. The second-order valence-electron chi connectivity index (χ2n) is 5.61. The smallest absolute Gasteiger partial charge is 0.261 e. The molecule has 6 nitrogen and oxygen atoms in total. The Morgan fingerprint density at radius 3 is 2.36 bits per heavy atom. The summed E-state index contributed by atoms with van der Waals surface area (Å²) in [6, 6.07) is 12.0. The van der Waals surface area contributed by atoms with Crippen LogP contribution in [0.15, 0.2) is 53.4 Å². The van der Waals surface area contributed by atoms with Gasteiger partial charge in [0, 0.05) is 11.6 Å². The van der Waals surface area contributed by atoms with Crippen molar-refractivity contribution in [1.82, 2.24) is 9.79 Å². The fourth-order valence-electron chi connectivity index (χ4n) is 2.29. The van der Waals surface area contributed by atoms with E-state index in [-0.39, 0.29) is 11.4 Å². The first-order valence-corrected chi connectivity index (χ1v) is 9.35. The number of sulfonamides is 1.